The number of carbonyl (C=O) groups excluding carboxylic acids is 1. The van der Waals surface area contributed by atoms with E-state index in [9.17, 15) is 14.9 Å². The van der Waals surface area contributed by atoms with Crippen molar-refractivity contribution in [3.63, 3.8) is 0 Å². The molecule has 0 atom stereocenters. The zero-order valence-corrected chi connectivity index (χ0v) is 19.8. The van der Waals surface area contributed by atoms with E-state index in [0.717, 1.165) is 5.69 Å². The number of anilines is 1. The highest BCUT2D eigenvalue weighted by Crippen LogP contribution is 2.35. The molecule has 10 nitrogen and oxygen atoms in total. The summed E-state index contributed by atoms with van der Waals surface area (Å²) in [6, 6.07) is 21.1. The van der Waals surface area contributed by atoms with Gasteiger partial charge in [-0.3, -0.25) is 14.9 Å². The van der Waals surface area contributed by atoms with Crippen LogP contribution in [-0.4, -0.2) is 47.9 Å². The third-order valence-electron chi connectivity index (χ3n) is 5.47. The van der Waals surface area contributed by atoms with Crippen LogP contribution in [0.25, 0.3) is 16.9 Å². The minimum atomic E-state index is -0.452. The summed E-state index contributed by atoms with van der Waals surface area (Å²) in [7, 11) is 3.11. The minimum absolute atomic E-state index is 0.0274. The molecule has 2 N–H and O–H groups in total. The van der Waals surface area contributed by atoms with Gasteiger partial charge in [-0.05, 0) is 36.4 Å². The first kappa shape index (κ1) is 24.3. The minimum Gasteiger partial charge on any atom is -0.497 e. The second-order valence-corrected chi connectivity index (χ2v) is 7.69. The Morgan fingerprint density at radius 3 is 2.47 bits per heavy atom. The van der Waals surface area contributed by atoms with Gasteiger partial charge in [-0.2, -0.15) is 5.10 Å². The van der Waals surface area contributed by atoms with Gasteiger partial charge in [-0.15, -0.1) is 0 Å². The molecule has 0 fully saturated rings. The summed E-state index contributed by atoms with van der Waals surface area (Å²) in [5.41, 5.74) is 2.53. The molecule has 0 spiro atoms. The SMILES string of the molecule is COc1ccc(OC)c(-c2nn(-c3ccccc3)cc2C(=O)NCCNc2ccccc2[N+](=O)[O-])c1. The number of rotatable bonds is 10. The molecule has 1 amide bonds. The molecule has 184 valence electrons. The first-order chi connectivity index (χ1) is 17.5. The van der Waals surface area contributed by atoms with E-state index >= 15 is 0 Å². The maximum atomic E-state index is 13.3. The van der Waals surface area contributed by atoms with Crippen molar-refractivity contribution in [1.29, 1.82) is 0 Å². The average molecular weight is 488 g/mol. The maximum absolute atomic E-state index is 13.3. The molecular weight excluding hydrogens is 462 g/mol. The second kappa shape index (κ2) is 11.0. The zero-order chi connectivity index (χ0) is 25.5. The zero-order valence-electron chi connectivity index (χ0n) is 19.8. The van der Waals surface area contributed by atoms with Gasteiger partial charge in [-0.25, -0.2) is 4.68 Å². The van der Waals surface area contributed by atoms with Crippen LogP contribution in [0, 0.1) is 10.1 Å². The number of nitrogens with one attached hydrogen (secondary N) is 2. The number of aromatic nitrogens is 2. The van der Waals surface area contributed by atoms with Crippen LogP contribution in [0.15, 0.2) is 79.0 Å². The molecule has 4 aromatic rings. The van der Waals surface area contributed by atoms with Crippen molar-refractivity contribution < 1.29 is 19.2 Å². The lowest BCUT2D eigenvalue weighted by molar-refractivity contribution is -0.384. The number of para-hydroxylation sites is 3. The van der Waals surface area contributed by atoms with Gasteiger partial charge in [0.25, 0.3) is 11.6 Å². The maximum Gasteiger partial charge on any atom is 0.292 e. The lowest BCUT2D eigenvalue weighted by atomic mass is 10.1. The highest BCUT2D eigenvalue weighted by atomic mass is 16.6. The van der Waals surface area contributed by atoms with Crippen LogP contribution in [0.1, 0.15) is 10.4 Å². The number of carbonyl (C=O) groups is 1. The van der Waals surface area contributed by atoms with E-state index in [1.807, 2.05) is 30.3 Å². The van der Waals surface area contributed by atoms with Gasteiger partial charge in [0.1, 0.15) is 22.9 Å². The standard InChI is InChI=1S/C26H25N5O5/c1-35-19-12-13-24(36-2)20(16-19)25-21(17-30(29-25)18-8-4-3-5-9-18)26(32)28-15-14-27-22-10-6-7-11-23(22)31(33)34/h3-13,16-17,27H,14-15H2,1-2H3,(H,28,32). The lowest BCUT2D eigenvalue weighted by Crippen LogP contribution is -2.29. The third kappa shape index (κ3) is 5.27. The smallest absolute Gasteiger partial charge is 0.292 e. The molecular formula is C26H25N5O5. The summed E-state index contributed by atoms with van der Waals surface area (Å²) in [5.74, 6) is 0.794. The van der Waals surface area contributed by atoms with Crippen molar-refractivity contribution in [2.75, 3.05) is 32.6 Å². The van der Waals surface area contributed by atoms with Crippen LogP contribution < -0.4 is 20.1 Å². The molecule has 0 aliphatic carbocycles. The van der Waals surface area contributed by atoms with Crippen LogP contribution in [0.2, 0.25) is 0 Å². The number of hydrogen-bond acceptors (Lipinski definition) is 7. The van der Waals surface area contributed by atoms with Crippen LogP contribution >= 0.6 is 0 Å². The molecule has 3 aromatic carbocycles. The molecule has 1 aromatic heterocycles. The number of hydrogen-bond donors (Lipinski definition) is 2. The largest absolute Gasteiger partial charge is 0.497 e. The Bertz CT molecular complexity index is 1370. The van der Waals surface area contributed by atoms with Crippen molar-refractivity contribution in [2.24, 2.45) is 0 Å². The quantitative estimate of drug-likeness (QED) is 0.194. The van der Waals surface area contributed by atoms with Gasteiger partial charge < -0.3 is 20.1 Å². The van der Waals surface area contributed by atoms with Crippen LogP contribution in [0.4, 0.5) is 11.4 Å². The topological polar surface area (TPSA) is 121 Å². The number of amides is 1. The van der Waals surface area contributed by atoms with Gasteiger partial charge in [0, 0.05) is 30.9 Å². The average Bonchev–Trinajstić information content (AvgIpc) is 3.37. The summed E-state index contributed by atoms with van der Waals surface area (Å²) in [4.78, 5) is 24.0. The van der Waals surface area contributed by atoms with Crippen molar-refractivity contribution in [3.8, 4) is 28.4 Å². The first-order valence-electron chi connectivity index (χ1n) is 11.1. The number of ether oxygens (including phenoxy) is 2. The van der Waals surface area contributed by atoms with Crippen molar-refractivity contribution >= 4 is 17.3 Å². The van der Waals surface area contributed by atoms with E-state index in [1.165, 1.54) is 6.07 Å². The monoisotopic (exact) mass is 487 g/mol. The number of nitro benzene ring substituents is 1. The Hall–Kier alpha value is -4.86. The highest BCUT2D eigenvalue weighted by Gasteiger charge is 2.22. The fraction of sp³-hybridized carbons (Fsp3) is 0.154. The van der Waals surface area contributed by atoms with Crippen LogP contribution in [0.3, 0.4) is 0 Å². The summed E-state index contributed by atoms with van der Waals surface area (Å²) in [5, 5.41) is 21.8. The Morgan fingerprint density at radius 1 is 1.00 bits per heavy atom. The molecule has 0 aliphatic rings. The summed E-state index contributed by atoms with van der Waals surface area (Å²) in [6.07, 6.45) is 1.66. The molecule has 10 heteroatoms. The number of nitro groups is 1. The predicted octanol–water partition coefficient (Wildman–Crippen LogP) is 4.31. The van der Waals surface area contributed by atoms with Crippen LogP contribution in [-0.2, 0) is 0 Å². The Kier molecular flexibility index (Phi) is 7.45. The molecule has 4 rings (SSSR count). The van der Waals surface area contributed by atoms with Crippen molar-refractivity contribution in [2.45, 2.75) is 0 Å². The molecule has 0 bridgehead atoms. The predicted molar refractivity (Wildman–Crippen MR) is 136 cm³/mol. The summed E-state index contributed by atoms with van der Waals surface area (Å²) < 4.78 is 12.5. The van der Waals surface area contributed by atoms with Crippen molar-refractivity contribution in [3.05, 3.63) is 94.7 Å². The normalized spacial score (nSPS) is 10.5. The molecule has 0 saturated heterocycles. The summed E-state index contributed by atoms with van der Waals surface area (Å²) >= 11 is 0. The number of methoxy groups -OCH3 is 2. The fourth-order valence-corrected chi connectivity index (χ4v) is 3.70. The number of benzene rings is 3. The Balaban J connectivity index is 1.59. The van der Waals surface area contributed by atoms with E-state index in [2.05, 4.69) is 10.6 Å². The Morgan fingerprint density at radius 2 is 1.75 bits per heavy atom. The van der Waals surface area contributed by atoms with Gasteiger partial charge in [0.15, 0.2) is 0 Å². The number of nitrogens with zero attached hydrogens (tertiary/aromatic N) is 3. The molecule has 36 heavy (non-hydrogen) atoms. The van der Waals surface area contributed by atoms with E-state index < -0.39 is 4.92 Å². The lowest BCUT2D eigenvalue weighted by Gasteiger charge is -2.11. The molecule has 0 aliphatic heterocycles. The Labute approximate surface area is 207 Å². The van der Waals surface area contributed by atoms with Crippen LogP contribution in [0.5, 0.6) is 11.5 Å². The molecule has 0 radical (unpaired) electrons. The molecule has 1 heterocycles. The highest BCUT2D eigenvalue weighted by molar-refractivity contribution is 6.00. The molecule has 0 unspecified atom stereocenters. The van der Waals surface area contributed by atoms with Gasteiger partial charge in [-0.1, -0.05) is 30.3 Å². The van der Waals surface area contributed by atoms with Crippen molar-refractivity contribution in [1.82, 2.24) is 15.1 Å². The van der Waals surface area contributed by atoms with Gasteiger partial charge >= 0.3 is 0 Å². The molecule has 0 saturated carbocycles. The first-order valence-corrected chi connectivity index (χ1v) is 11.1. The second-order valence-electron chi connectivity index (χ2n) is 7.69. The van der Waals surface area contributed by atoms with E-state index in [0.29, 0.717) is 40.6 Å². The fourth-order valence-electron chi connectivity index (χ4n) is 3.70. The summed E-state index contributed by atoms with van der Waals surface area (Å²) in [6.45, 7) is 0.525. The van der Waals surface area contributed by atoms with E-state index in [1.54, 1.807) is 61.5 Å². The van der Waals surface area contributed by atoms with E-state index in [4.69, 9.17) is 14.6 Å². The van der Waals surface area contributed by atoms with Gasteiger partial charge in [0.05, 0.1) is 30.4 Å². The van der Waals surface area contributed by atoms with Gasteiger partial charge in [0.2, 0.25) is 0 Å². The third-order valence-corrected chi connectivity index (χ3v) is 5.47. The van der Waals surface area contributed by atoms with E-state index in [-0.39, 0.29) is 18.1 Å².